The van der Waals surface area contributed by atoms with Crippen LogP contribution in [0.15, 0.2) is 57.8 Å². The summed E-state index contributed by atoms with van der Waals surface area (Å²) >= 11 is 0. The van der Waals surface area contributed by atoms with Crippen LogP contribution in [0.2, 0.25) is 0 Å². The first-order valence-corrected chi connectivity index (χ1v) is 10.2. The minimum Gasteiger partial charge on any atom is -0.497 e. The molecule has 0 aliphatic heterocycles. The SMILES string of the molecule is COc1ccc(S(=O)(=O)CCC(=O)Nc2nnc(-c3cccc(OC)c3)o2)cc1. The number of carbonyl (C=O) groups excluding carboxylic acids is 1. The Morgan fingerprint density at radius 2 is 1.76 bits per heavy atom. The maximum Gasteiger partial charge on any atom is 0.322 e. The average molecular weight is 417 g/mol. The van der Waals surface area contributed by atoms with Gasteiger partial charge < -0.3 is 13.9 Å². The summed E-state index contributed by atoms with van der Waals surface area (Å²) in [6, 6.07) is 12.8. The van der Waals surface area contributed by atoms with E-state index >= 15 is 0 Å². The Kier molecular flexibility index (Phi) is 6.13. The highest BCUT2D eigenvalue weighted by Gasteiger charge is 2.18. The van der Waals surface area contributed by atoms with E-state index in [9.17, 15) is 13.2 Å². The molecule has 3 aromatic rings. The summed E-state index contributed by atoms with van der Waals surface area (Å²) < 4.78 is 40.3. The van der Waals surface area contributed by atoms with Crippen LogP contribution in [0.5, 0.6) is 11.5 Å². The lowest BCUT2D eigenvalue weighted by Gasteiger charge is -2.05. The van der Waals surface area contributed by atoms with Crippen LogP contribution in [-0.4, -0.2) is 44.5 Å². The van der Waals surface area contributed by atoms with Crippen molar-refractivity contribution in [1.82, 2.24) is 10.2 Å². The van der Waals surface area contributed by atoms with Crippen molar-refractivity contribution < 1.29 is 27.1 Å². The standard InChI is InChI=1S/C19H19N3O6S/c1-26-14-6-8-16(9-7-14)29(24,25)11-10-17(23)20-19-22-21-18(28-19)13-4-3-5-15(12-13)27-2/h3-9,12H,10-11H2,1-2H3,(H,20,22,23). The van der Waals surface area contributed by atoms with Gasteiger partial charge in [0.15, 0.2) is 9.84 Å². The van der Waals surface area contributed by atoms with E-state index in [4.69, 9.17) is 13.9 Å². The van der Waals surface area contributed by atoms with Crippen molar-refractivity contribution in [2.75, 3.05) is 25.3 Å². The summed E-state index contributed by atoms with van der Waals surface area (Å²) in [5.74, 6) is 0.454. The smallest absolute Gasteiger partial charge is 0.322 e. The van der Waals surface area contributed by atoms with Crippen molar-refractivity contribution in [2.45, 2.75) is 11.3 Å². The van der Waals surface area contributed by atoms with Gasteiger partial charge >= 0.3 is 6.01 Å². The second-order valence-corrected chi connectivity index (χ2v) is 8.05. The average Bonchev–Trinajstić information content (AvgIpc) is 3.21. The van der Waals surface area contributed by atoms with E-state index in [0.29, 0.717) is 17.1 Å². The number of ether oxygens (including phenoxy) is 2. The molecule has 152 valence electrons. The predicted octanol–water partition coefficient (Wildman–Crippen LogP) is 2.56. The monoisotopic (exact) mass is 417 g/mol. The molecule has 0 aliphatic rings. The number of nitrogens with zero attached hydrogens (tertiary/aromatic N) is 2. The molecule has 1 heterocycles. The maximum atomic E-state index is 12.4. The van der Waals surface area contributed by atoms with Gasteiger partial charge in [-0.2, -0.15) is 0 Å². The molecular weight excluding hydrogens is 398 g/mol. The molecule has 1 aromatic heterocycles. The molecule has 0 spiro atoms. The van der Waals surface area contributed by atoms with Gasteiger partial charge in [0.2, 0.25) is 11.8 Å². The van der Waals surface area contributed by atoms with Crippen LogP contribution in [-0.2, 0) is 14.6 Å². The number of hydrogen-bond acceptors (Lipinski definition) is 8. The van der Waals surface area contributed by atoms with Gasteiger partial charge in [-0.05, 0) is 42.5 Å². The van der Waals surface area contributed by atoms with E-state index in [0.717, 1.165) is 0 Å². The van der Waals surface area contributed by atoms with Gasteiger partial charge in [0.05, 0.1) is 24.9 Å². The largest absolute Gasteiger partial charge is 0.497 e. The number of rotatable bonds is 8. The van der Waals surface area contributed by atoms with Crippen LogP contribution < -0.4 is 14.8 Å². The number of nitrogens with one attached hydrogen (secondary N) is 1. The minimum absolute atomic E-state index is 0.115. The van der Waals surface area contributed by atoms with E-state index in [1.54, 1.807) is 43.5 Å². The van der Waals surface area contributed by atoms with Gasteiger partial charge in [0, 0.05) is 12.0 Å². The minimum atomic E-state index is -3.62. The van der Waals surface area contributed by atoms with Crippen LogP contribution >= 0.6 is 0 Å². The first-order valence-electron chi connectivity index (χ1n) is 8.56. The summed E-state index contributed by atoms with van der Waals surface area (Å²) in [5, 5.41) is 10.0. The van der Waals surface area contributed by atoms with Gasteiger partial charge in [0.25, 0.3) is 0 Å². The van der Waals surface area contributed by atoms with Crippen LogP contribution in [0, 0.1) is 0 Å². The number of anilines is 1. The number of amides is 1. The Morgan fingerprint density at radius 3 is 2.45 bits per heavy atom. The zero-order chi connectivity index (χ0) is 20.9. The van der Waals surface area contributed by atoms with Crippen LogP contribution in [0.3, 0.4) is 0 Å². The van der Waals surface area contributed by atoms with Crippen molar-refractivity contribution in [1.29, 1.82) is 0 Å². The molecule has 0 aliphatic carbocycles. The summed E-state index contributed by atoms with van der Waals surface area (Å²) in [4.78, 5) is 12.2. The first kappa shape index (κ1) is 20.3. The third-order valence-corrected chi connectivity index (χ3v) is 5.74. The number of carbonyl (C=O) groups is 1. The van der Waals surface area contributed by atoms with Gasteiger partial charge in [0.1, 0.15) is 11.5 Å². The number of benzene rings is 2. The molecule has 2 aromatic carbocycles. The molecule has 1 amide bonds. The zero-order valence-electron chi connectivity index (χ0n) is 15.8. The lowest BCUT2D eigenvalue weighted by Crippen LogP contribution is -2.17. The quantitative estimate of drug-likeness (QED) is 0.594. The van der Waals surface area contributed by atoms with Crippen molar-refractivity contribution in [3.63, 3.8) is 0 Å². The summed E-state index contributed by atoms with van der Waals surface area (Å²) in [6.45, 7) is 0. The first-order chi connectivity index (χ1) is 13.9. The number of methoxy groups -OCH3 is 2. The van der Waals surface area contributed by atoms with Gasteiger partial charge in [-0.1, -0.05) is 11.2 Å². The molecule has 10 heteroatoms. The molecule has 0 radical (unpaired) electrons. The van der Waals surface area contributed by atoms with E-state index in [2.05, 4.69) is 15.5 Å². The fraction of sp³-hybridized carbons (Fsp3) is 0.211. The lowest BCUT2D eigenvalue weighted by atomic mass is 10.2. The molecule has 0 bridgehead atoms. The third kappa shape index (κ3) is 5.11. The van der Waals surface area contributed by atoms with E-state index in [-0.39, 0.29) is 29.0 Å². The van der Waals surface area contributed by atoms with Crippen molar-refractivity contribution >= 4 is 21.8 Å². The molecule has 0 saturated carbocycles. The Labute approximate surface area is 167 Å². The fourth-order valence-corrected chi connectivity index (χ4v) is 3.70. The van der Waals surface area contributed by atoms with Crippen LogP contribution in [0.4, 0.5) is 6.01 Å². The van der Waals surface area contributed by atoms with Gasteiger partial charge in [-0.25, -0.2) is 8.42 Å². The number of hydrogen-bond donors (Lipinski definition) is 1. The normalized spacial score (nSPS) is 11.1. The van der Waals surface area contributed by atoms with E-state index in [1.807, 2.05) is 0 Å². The highest BCUT2D eigenvalue weighted by molar-refractivity contribution is 7.91. The molecule has 1 N–H and O–H groups in total. The van der Waals surface area contributed by atoms with Crippen molar-refractivity contribution in [3.05, 3.63) is 48.5 Å². The molecule has 0 atom stereocenters. The molecule has 9 nitrogen and oxygen atoms in total. The Balaban J connectivity index is 1.60. The zero-order valence-corrected chi connectivity index (χ0v) is 16.6. The Hall–Kier alpha value is -3.40. The molecule has 0 saturated heterocycles. The molecule has 3 rings (SSSR count). The fourth-order valence-electron chi connectivity index (χ4n) is 2.46. The number of aromatic nitrogens is 2. The van der Waals surface area contributed by atoms with Crippen molar-refractivity contribution in [3.8, 4) is 23.0 Å². The maximum absolute atomic E-state index is 12.4. The second kappa shape index (κ2) is 8.74. The highest BCUT2D eigenvalue weighted by Crippen LogP contribution is 2.24. The Bertz CT molecular complexity index is 1090. The van der Waals surface area contributed by atoms with Crippen LogP contribution in [0.1, 0.15) is 6.42 Å². The predicted molar refractivity (Wildman–Crippen MR) is 105 cm³/mol. The highest BCUT2D eigenvalue weighted by atomic mass is 32.2. The molecule has 0 unspecified atom stereocenters. The summed E-state index contributed by atoms with van der Waals surface area (Å²) in [7, 11) is -0.584. The summed E-state index contributed by atoms with van der Waals surface area (Å²) in [5.41, 5.74) is 0.624. The van der Waals surface area contributed by atoms with E-state index in [1.165, 1.54) is 19.2 Å². The van der Waals surface area contributed by atoms with Gasteiger partial charge in [-0.15, -0.1) is 5.10 Å². The number of sulfone groups is 1. The topological polar surface area (TPSA) is 121 Å². The van der Waals surface area contributed by atoms with Crippen molar-refractivity contribution in [2.24, 2.45) is 0 Å². The van der Waals surface area contributed by atoms with Crippen LogP contribution in [0.25, 0.3) is 11.5 Å². The molecular formula is C19H19N3O6S. The van der Waals surface area contributed by atoms with E-state index < -0.39 is 15.7 Å². The lowest BCUT2D eigenvalue weighted by molar-refractivity contribution is -0.115. The van der Waals surface area contributed by atoms with Gasteiger partial charge in [-0.3, -0.25) is 10.1 Å². The molecule has 0 fully saturated rings. The Morgan fingerprint density at radius 1 is 1.03 bits per heavy atom. The third-order valence-electron chi connectivity index (χ3n) is 4.00. The molecule has 29 heavy (non-hydrogen) atoms. The second-order valence-electron chi connectivity index (χ2n) is 5.94. The summed E-state index contributed by atoms with van der Waals surface area (Å²) in [6.07, 6.45) is -0.259.